The molecule has 3 amide bonds. The minimum absolute atomic E-state index is 0.0354. The Hall–Kier alpha value is -3.96. The molecule has 2 aromatic carbocycles. The molecule has 3 aliphatic heterocycles. The number of carbonyl (C=O) groups is 3. The Morgan fingerprint density at radius 3 is 2.58 bits per heavy atom. The summed E-state index contributed by atoms with van der Waals surface area (Å²) in [6, 6.07) is 12.6. The maximum absolute atomic E-state index is 14.3. The number of sulfonamides is 1. The van der Waals surface area contributed by atoms with Gasteiger partial charge in [0.05, 0.1) is 42.7 Å². The number of rotatable bonds is 16. The van der Waals surface area contributed by atoms with Crippen molar-refractivity contribution in [1.29, 1.82) is 0 Å². The number of fused-ring (bicyclic) bond motifs is 2. The molecule has 3 heterocycles. The minimum atomic E-state index is -4.25. The fourth-order valence-electron chi connectivity index (χ4n) is 6.16. The van der Waals surface area contributed by atoms with Gasteiger partial charge in [-0.2, -0.15) is 4.31 Å². The molecule has 0 aromatic heterocycles. The van der Waals surface area contributed by atoms with Gasteiger partial charge in [-0.05, 0) is 42.4 Å². The van der Waals surface area contributed by atoms with Crippen molar-refractivity contribution in [2.75, 3.05) is 46.2 Å². The molecule has 0 aliphatic carbocycles. The third-order valence-corrected chi connectivity index (χ3v) is 10.7. The average Bonchev–Trinajstić information content (AvgIpc) is 3.82. The average molecular weight is 719 g/mol. The van der Waals surface area contributed by atoms with Crippen LogP contribution in [0.1, 0.15) is 39.2 Å². The van der Waals surface area contributed by atoms with Crippen LogP contribution in [0.4, 0.5) is 4.79 Å². The molecular weight excluding hydrogens is 672 g/mol. The second kappa shape index (κ2) is 16.4. The van der Waals surface area contributed by atoms with Crippen molar-refractivity contribution < 1.29 is 51.6 Å². The van der Waals surface area contributed by atoms with Crippen LogP contribution in [0, 0.1) is 11.3 Å². The van der Waals surface area contributed by atoms with Gasteiger partial charge in [-0.25, -0.2) is 13.2 Å². The maximum atomic E-state index is 14.3. The fraction of sp³-hybridized carbons (Fsp3) is 0.559. The predicted octanol–water partition coefficient (Wildman–Crippen LogP) is 1.53. The normalized spacial score (nSPS) is 20.9. The van der Waals surface area contributed by atoms with Crippen molar-refractivity contribution in [3.05, 3.63) is 54.1 Å². The molecule has 0 spiro atoms. The van der Waals surface area contributed by atoms with Crippen LogP contribution in [0.2, 0.25) is 0 Å². The van der Waals surface area contributed by atoms with E-state index in [0.29, 0.717) is 25.2 Å². The first-order valence-corrected chi connectivity index (χ1v) is 18.1. The third-order valence-electron chi connectivity index (χ3n) is 8.91. The smallest absolute Gasteiger partial charge is 0.407 e. The first kappa shape index (κ1) is 37.3. The first-order valence-electron chi connectivity index (χ1n) is 16.6. The number of nitrogens with one attached hydrogen (secondary N) is 3. The summed E-state index contributed by atoms with van der Waals surface area (Å²) in [6.07, 6.45) is -1.81. The molecular formula is C34H46N4O11S. The Morgan fingerprint density at radius 1 is 1.06 bits per heavy atom. The number of carbonyl (C=O) groups excluding carboxylic acids is 3. The molecule has 0 unspecified atom stereocenters. The Labute approximate surface area is 292 Å². The molecule has 50 heavy (non-hydrogen) atoms. The lowest BCUT2D eigenvalue weighted by Gasteiger charge is -2.35. The highest BCUT2D eigenvalue weighted by molar-refractivity contribution is 7.89. The zero-order valence-corrected chi connectivity index (χ0v) is 29.3. The van der Waals surface area contributed by atoms with Crippen LogP contribution in [0.3, 0.4) is 0 Å². The molecule has 16 heteroatoms. The van der Waals surface area contributed by atoms with Gasteiger partial charge < -0.3 is 44.7 Å². The molecule has 15 nitrogen and oxygen atoms in total. The number of amides is 3. The van der Waals surface area contributed by atoms with Crippen molar-refractivity contribution in [3.63, 3.8) is 0 Å². The zero-order valence-electron chi connectivity index (χ0n) is 28.5. The highest BCUT2D eigenvalue weighted by Crippen LogP contribution is 2.36. The van der Waals surface area contributed by atoms with E-state index in [2.05, 4.69) is 16.0 Å². The number of alkyl carbamates (subject to hydrolysis) is 1. The van der Waals surface area contributed by atoms with Crippen LogP contribution in [-0.2, 0) is 40.2 Å². The molecule has 5 rings (SSSR count). The molecule has 2 saturated heterocycles. The SMILES string of the molecule is CC(=O)NCC(=O)NCCC(C)(C)CN(C[C@@H](O)[C@H](Cc1ccccc1)NC(=O)O[C@H]1CO[C@H]2OCC[C@H]21)S(=O)(=O)c1ccc2c(c1)OCO2. The molecule has 0 radical (unpaired) electrons. The van der Waals surface area contributed by atoms with Crippen molar-refractivity contribution in [1.82, 2.24) is 20.3 Å². The number of hydrogen-bond acceptors (Lipinski definition) is 11. The van der Waals surface area contributed by atoms with E-state index in [1.165, 1.54) is 29.4 Å². The van der Waals surface area contributed by atoms with Gasteiger partial charge in [-0.3, -0.25) is 9.59 Å². The van der Waals surface area contributed by atoms with Gasteiger partial charge in [-0.1, -0.05) is 44.2 Å². The van der Waals surface area contributed by atoms with Gasteiger partial charge in [0.2, 0.25) is 28.6 Å². The number of hydrogen-bond donors (Lipinski definition) is 4. The van der Waals surface area contributed by atoms with Gasteiger partial charge in [0, 0.05) is 32.6 Å². The van der Waals surface area contributed by atoms with Crippen LogP contribution in [0.25, 0.3) is 0 Å². The minimum Gasteiger partial charge on any atom is -0.454 e. The monoisotopic (exact) mass is 718 g/mol. The van der Waals surface area contributed by atoms with E-state index in [9.17, 15) is 27.9 Å². The van der Waals surface area contributed by atoms with Gasteiger partial charge in [-0.15, -0.1) is 0 Å². The van der Waals surface area contributed by atoms with Gasteiger partial charge in [0.25, 0.3) is 0 Å². The second-order valence-corrected chi connectivity index (χ2v) is 15.4. The summed E-state index contributed by atoms with van der Waals surface area (Å²) in [4.78, 5) is 36.5. The highest BCUT2D eigenvalue weighted by atomic mass is 32.2. The second-order valence-electron chi connectivity index (χ2n) is 13.5. The standard InChI is InChI=1S/C34H46N4O11S/c1-22(39)36-17-31(41)35-13-12-34(2,3)20-38(50(43,44)24-9-10-28-29(16-24)48-21-47-28)18-27(40)26(15-23-7-5-4-6-8-23)37-33(42)49-30-19-46-32-25(30)11-14-45-32/h4-10,16,25-27,30,32,40H,11-15,17-21H2,1-3H3,(H,35,41)(H,36,39)(H,37,42)/t25-,26-,27+,30-,32+/m0/s1. The van der Waals surface area contributed by atoms with E-state index < -0.39 is 46.1 Å². The zero-order chi connectivity index (χ0) is 35.9. The van der Waals surface area contributed by atoms with E-state index in [1.807, 2.05) is 44.2 Å². The number of nitrogens with zero attached hydrogens (tertiary/aromatic N) is 1. The predicted molar refractivity (Wildman–Crippen MR) is 179 cm³/mol. The van der Waals surface area contributed by atoms with Crippen molar-refractivity contribution in [3.8, 4) is 11.5 Å². The Balaban J connectivity index is 1.34. The Kier molecular flexibility index (Phi) is 12.2. The highest BCUT2D eigenvalue weighted by Gasteiger charge is 2.44. The number of aliphatic hydroxyl groups excluding tert-OH is 1. The van der Waals surface area contributed by atoms with E-state index in [4.69, 9.17) is 23.7 Å². The van der Waals surface area contributed by atoms with Crippen molar-refractivity contribution in [2.24, 2.45) is 11.3 Å². The summed E-state index contributed by atoms with van der Waals surface area (Å²) in [5.41, 5.74) is 0.111. The summed E-state index contributed by atoms with van der Waals surface area (Å²) < 4.78 is 57.4. The van der Waals surface area contributed by atoms with Crippen LogP contribution in [0.5, 0.6) is 11.5 Å². The van der Waals surface area contributed by atoms with Gasteiger partial charge in [0.15, 0.2) is 17.8 Å². The maximum Gasteiger partial charge on any atom is 0.407 e. The molecule has 2 aromatic rings. The summed E-state index contributed by atoms with van der Waals surface area (Å²) >= 11 is 0. The molecule has 274 valence electrons. The van der Waals surface area contributed by atoms with E-state index in [0.717, 1.165) is 5.56 Å². The number of ether oxygens (including phenoxy) is 5. The first-order chi connectivity index (χ1) is 23.8. The van der Waals surface area contributed by atoms with Crippen LogP contribution < -0.4 is 25.4 Å². The van der Waals surface area contributed by atoms with Gasteiger partial charge >= 0.3 is 6.09 Å². The third kappa shape index (κ3) is 9.84. The van der Waals surface area contributed by atoms with E-state index in [-0.39, 0.29) is 74.4 Å². The topological polar surface area (TPSA) is 191 Å². The number of aliphatic hydroxyl groups is 1. The quantitative estimate of drug-likeness (QED) is 0.197. The summed E-state index contributed by atoms with van der Waals surface area (Å²) in [5, 5.41) is 19.7. The van der Waals surface area contributed by atoms with E-state index >= 15 is 0 Å². The molecule has 3 aliphatic rings. The molecule has 0 bridgehead atoms. The lowest BCUT2D eigenvalue weighted by Crippen LogP contribution is -2.52. The largest absolute Gasteiger partial charge is 0.454 e. The van der Waals surface area contributed by atoms with Crippen molar-refractivity contribution >= 4 is 27.9 Å². The number of benzene rings is 2. The fourth-order valence-corrected chi connectivity index (χ4v) is 7.82. The van der Waals surface area contributed by atoms with Crippen molar-refractivity contribution in [2.45, 2.75) is 69.5 Å². The summed E-state index contributed by atoms with van der Waals surface area (Å²) in [6.45, 7) is 5.30. The van der Waals surface area contributed by atoms with Gasteiger partial charge in [0.1, 0.15) is 6.10 Å². The summed E-state index contributed by atoms with van der Waals surface area (Å²) in [7, 11) is -4.25. The Bertz CT molecular complexity index is 1610. The molecule has 2 fully saturated rings. The molecule has 0 saturated carbocycles. The van der Waals surface area contributed by atoms with E-state index in [1.54, 1.807) is 0 Å². The van der Waals surface area contributed by atoms with Crippen LogP contribution >= 0.6 is 0 Å². The Morgan fingerprint density at radius 2 is 1.82 bits per heavy atom. The summed E-state index contributed by atoms with van der Waals surface area (Å²) in [5.74, 6) is -0.0954. The lowest BCUT2D eigenvalue weighted by atomic mass is 9.89. The van der Waals surface area contributed by atoms with Crippen LogP contribution in [-0.4, -0.2) is 106 Å². The van der Waals surface area contributed by atoms with Crippen LogP contribution in [0.15, 0.2) is 53.4 Å². The molecule has 4 N–H and O–H groups in total. The molecule has 5 atom stereocenters. The lowest BCUT2D eigenvalue weighted by molar-refractivity contribution is -0.125.